The van der Waals surface area contributed by atoms with Crippen LogP contribution in [0.1, 0.15) is 18.6 Å². The van der Waals surface area contributed by atoms with Crippen LogP contribution in [-0.2, 0) is 6.54 Å². The quantitative estimate of drug-likeness (QED) is 0.528. The van der Waals surface area contributed by atoms with Crippen LogP contribution in [0.2, 0.25) is 0 Å². The second-order valence-corrected chi connectivity index (χ2v) is 2.56. The molecule has 0 aliphatic heterocycles. The first kappa shape index (κ1) is 8.89. The van der Waals surface area contributed by atoms with E-state index in [1.54, 1.807) is 6.26 Å². The molecule has 1 N–H and O–H groups in total. The molecule has 0 fully saturated rings. The Labute approximate surface area is 73.0 Å². The van der Waals surface area contributed by atoms with Crippen molar-refractivity contribution in [2.45, 2.75) is 19.4 Å². The molecule has 1 heterocycles. The standard InChI is InChI=1S/C10H13NO/c1-2-3-4-7-11-9-10-6-5-8-12-10/h1,5-6,8,11H,3-4,7,9H2. The molecule has 0 aliphatic rings. The Bertz CT molecular complexity index is 233. The number of rotatable bonds is 5. The Kier molecular flexibility index (Phi) is 4.04. The second-order valence-electron chi connectivity index (χ2n) is 2.56. The van der Waals surface area contributed by atoms with Gasteiger partial charge in [0.2, 0.25) is 0 Å². The van der Waals surface area contributed by atoms with Crippen molar-refractivity contribution in [1.29, 1.82) is 0 Å². The minimum Gasteiger partial charge on any atom is -0.468 e. The molecule has 2 nitrogen and oxygen atoms in total. The summed E-state index contributed by atoms with van der Waals surface area (Å²) in [5.74, 6) is 3.57. The topological polar surface area (TPSA) is 25.2 Å². The highest BCUT2D eigenvalue weighted by Gasteiger charge is 1.92. The fraction of sp³-hybridized carbons (Fsp3) is 0.400. The number of hydrogen-bond donors (Lipinski definition) is 1. The Morgan fingerprint density at radius 2 is 2.50 bits per heavy atom. The second kappa shape index (κ2) is 5.45. The molecule has 0 saturated heterocycles. The molecule has 0 bridgehead atoms. The molecule has 0 atom stereocenters. The van der Waals surface area contributed by atoms with Gasteiger partial charge in [-0.2, -0.15) is 0 Å². The van der Waals surface area contributed by atoms with Crippen molar-refractivity contribution < 1.29 is 4.42 Å². The lowest BCUT2D eigenvalue weighted by Gasteiger charge is -1.99. The summed E-state index contributed by atoms with van der Waals surface area (Å²) in [6.45, 7) is 1.74. The fourth-order valence-electron chi connectivity index (χ4n) is 0.940. The smallest absolute Gasteiger partial charge is 0.117 e. The summed E-state index contributed by atoms with van der Waals surface area (Å²) in [5, 5.41) is 3.23. The third-order valence-corrected chi connectivity index (χ3v) is 1.55. The normalized spacial score (nSPS) is 9.58. The highest BCUT2D eigenvalue weighted by molar-refractivity contribution is 4.97. The summed E-state index contributed by atoms with van der Waals surface area (Å²) < 4.78 is 5.14. The molecule has 0 amide bonds. The zero-order valence-corrected chi connectivity index (χ0v) is 7.05. The number of terminal acetylenes is 1. The average Bonchev–Trinajstić information content (AvgIpc) is 2.57. The van der Waals surface area contributed by atoms with Gasteiger partial charge in [-0.1, -0.05) is 0 Å². The summed E-state index contributed by atoms with van der Waals surface area (Å²) in [6.07, 6.45) is 8.65. The Balaban J connectivity index is 2.01. The summed E-state index contributed by atoms with van der Waals surface area (Å²) in [7, 11) is 0. The number of nitrogens with one attached hydrogen (secondary N) is 1. The number of unbranched alkanes of at least 4 members (excludes halogenated alkanes) is 1. The molecular formula is C10H13NO. The van der Waals surface area contributed by atoms with Gasteiger partial charge in [-0.3, -0.25) is 0 Å². The van der Waals surface area contributed by atoms with Gasteiger partial charge in [0.05, 0.1) is 12.8 Å². The molecule has 0 saturated carbocycles. The van der Waals surface area contributed by atoms with Gasteiger partial charge in [0.15, 0.2) is 0 Å². The minimum atomic E-state index is 0.789. The maximum absolute atomic E-state index is 5.14. The fourth-order valence-corrected chi connectivity index (χ4v) is 0.940. The van der Waals surface area contributed by atoms with Crippen LogP contribution < -0.4 is 5.32 Å². The van der Waals surface area contributed by atoms with Crippen LogP contribution in [0.3, 0.4) is 0 Å². The van der Waals surface area contributed by atoms with Crippen molar-refractivity contribution >= 4 is 0 Å². The van der Waals surface area contributed by atoms with Crippen LogP contribution in [0.15, 0.2) is 22.8 Å². The van der Waals surface area contributed by atoms with Gasteiger partial charge < -0.3 is 9.73 Å². The summed E-state index contributed by atoms with van der Waals surface area (Å²) in [5.41, 5.74) is 0. The van der Waals surface area contributed by atoms with Crippen LogP contribution in [0.25, 0.3) is 0 Å². The zero-order valence-electron chi connectivity index (χ0n) is 7.05. The monoisotopic (exact) mass is 163 g/mol. The third kappa shape index (κ3) is 3.27. The van der Waals surface area contributed by atoms with E-state index in [4.69, 9.17) is 10.8 Å². The van der Waals surface area contributed by atoms with Crippen molar-refractivity contribution in [2.24, 2.45) is 0 Å². The first-order chi connectivity index (χ1) is 5.93. The van der Waals surface area contributed by atoms with Gasteiger partial charge in [0.1, 0.15) is 5.76 Å². The van der Waals surface area contributed by atoms with Crippen molar-refractivity contribution in [3.63, 3.8) is 0 Å². The molecule has 1 aromatic rings. The lowest BCUT2D eigenvalue weighted by molar-refractivity contribution is 0.482. The highest BCUT2D eigenvalue weighted by atomic mass is 16.3. The van der Waals surface area contributed by atoms with Gasteiger partial charge in [0.25, 0.3) is 0 Å². The summed E-state index contributed by atoms with van der Waals surface area (Å²) in [6, 6.07) is 3.84. The van der Waals surface area contributed by atoms with Crippen molar-refractivity contribution in [3.05, 3.63) is 24.2 Å². The van der Waals surface area contributed by atoms with Crippen molar-refractivity contribution in [2.75, 3.05) is 6.54 Å². The predicted octanol–water partition coefficient (Wildman–Crippen LogP) is 1.78. The van der Waals surface area contributed by atoms with E-state index in [0.717, 1.165) is 31.7 Å². The molecular weight excluding hydrogens is 150 g/mol. The van der Waals surface area contributed by atoms with E-state index in [1.807, 2.05) is 12.1 Å². The predicted molar refractivity (Wildman–Crippen MR) is 48.5 cm³/mol. The van der Waals surface area contributed by atoms with E-state index >= 15 is 0 Å². The van der Waals surface area contributed by atoms with Crippen LogP contribution in [0.4, 0.5) is 0 Å². The van der Waals surface area contributed by atoms with Gasteiger partial charge >= 0.3 is 0 Å². The van der Waals surface area contributed by atoms with Gasteiger partial charge in [-0.15, -0.1) is 12.3 Å². The van der Waals surface area contributed by atoms with Crippen molar-refractivity contribution in [1.82, 2.24) is 5.32 Å². The maximum atomic E-state index is 5.14. The molecule has 64 valence electrons. The molecule has 1 rings (SSSR count). The van der Waals surface area contributed by atoms with E-state index in [2.05, 4.69) is 11.2 Å². The molecule has 0 aromatic carbocycles. The molecule has 2 heteroatoms. The summed E-state index contributed by atoms with van der Waals surface area (Å²) in [4.78, 5) is 0. The third-order valence-electron chi connectivity index (χ3n) is 1.55. The molecule has 0 unspecified atom stereocenters. The minimum absolute atomic E-state index is 0.789. The first-order valence-electron chi connectivity index (χ1n) is 4.10. The largest absolute Gasteiger partial charge is 0.468 e. The SMILES string of the molecule is C#CCCCNCc1ccco1. The zero-order chi connectivity index (χ0) is 8.65. The van der Waals surface area contributed by atoms with Gasteiger partial charge in [-0.05, 0) is 25.1 Å². The van der Waals surface area contributed by atoms with Gasteiger partial charge in [-0.25, -0.2) is 0 Å². The molecule has 0 aliphatic carbocycles. The lowest BCUT2D eigenvalue weighted by Crippen LogP contribution is -2.13. The van der Waals surface area contributed by atoms with E-state index < -0.39 is 0 Å². The number of hydrogen-bond acceptors (Lipinski definition) is 2. The highest BCUT2D eigenvalue weighted by Crippen LogP contribution is 1.98. The first-order valence-corrected chi connectivity index (χ1v) is 4.10. The molecule has 1 aromatic heterocycles. The molecule has 0 spiro atoms. The Morgan fingerprint density at radius 3 is 3.17 bits per heavy atom. The van der Waals surface area contributed by atoms with E-state index in [9.17, 15) is 0 Å². The summed E-state index contributed by atoms with van der Waals surface area (Å²) >= 11 is 0. The average molecular weight is 163 g/mol. The van der Waals surface area contributed by atoms with Crippen LogP contribution in [-0.4, -0.2) is 6.54 Å². The Morgan fingerprint density at radius 1 is 1.58 bits per heavy atom. The van der Waals surface area contributed by atoms with E-state index in [-0.39, 0.29) is 0 Å². The molecule has 12 heavy (non-hydrogen) atoms. The number of furan rings is 1. The van der Waals surface area contributed by atoms with Crippen LogP contribution in [0, 0.1) is 12.3 Å². The van der Waals surface area contributed by atoms with Crippen molar-refractivity contribution in [3.8, 4) is 12.3 Å². The lowest BCUT2D eigenvalue weighted by atomic mass is 10.3. The van der Waals surface area contributed by atoms with E-state index in [1.165, 1.54) is 0 Å². The van der Waals surface area contributed by atoms with Gasteiger partial charge in [0, 0.05) is 6.42 Å². The van der Waals surface area contributed by atoms with Crippen LogP contribution in [0.5, 0.6) is 0 Å². The molecule has 0 radical (unpaired) electrons. The maximum Gasteiger partial charge on any atom is 0.117 e. The Hall–Kier alpha value is -1.20. The van der Waals surface area contributed by atoms with Crippen LogP contribution >= 0.6 is 0 Å². The van der Waals surface area contributed by atoms with E-state index in [0.29, 0.717) is 0 Å².